The lowest BCUT2D eigenvalue weighted by Crippen LogP contribution is -2.29. The molecule has 0 aliphatic rings. The highest BCUT2D eigenvalue weighted by atomic mass is 35.5. The van der Waals surface area contributed by atoms with Gasteiger partial charge in [0, 0.05) is 16.6 Å². The summed E-state index contributed by atoms with van der Waals surface area (Å²) in [5.74, 6) is -0.806. The maximum absolute atomic E-state index is 11.9. The van der Waals surface area contributed by atoms with Gasteiger partial charge >= 0.3 is 0 Å². The van der Waals surface area contributed by atoms with Gasteiger partial charge in [0.15, 0.2) is 0 Å². The SMILES string of the molecule is O=C(CC(=O)Nc1ccc(Cl)cc1Cl)NCCc1cccc(Cl)c1. The number of carbonyl (C=O) groups is 2. The Kier molecular flexibility index (Phi) is 6.91. The molecule has 0 bridgehead atoms. The Morgan fingerprint density at radius 1 is 0.917 bits per heavy atom. The number of hydrogen-bond donors (Lipinski definition) is 2. The number of hydrogen-bond acceptors (Lipinski definition) is 2. The van der Waals surface area contributed by atoms with Crippen LogP contribution in [0.4, 0.5) is 5.69 Å². The number of anilines is 1. The first-order valence-corrected chi connectivity index (χ1v) is 8.33. The zero-order valence-electron chi connectivity index (χ0n) is 12.6. The van der Waals surface area contributed by atoms with Gasteiger partial charge < -0.3 is 10.6 Å². The Morgan fingerprint density at radius 2 is 1.67 bits per heavy atom. The quantitative estimate of drug-likeness (QED) is 0.727. The summed E-state index contributed by atoms with van der Waals surface area (Å²) >= 11 is 17.6. The molecule has 0 spiro atoms. The van der Waals surface area contributed by atoms with Crippen molar-refractivity contribution in [1.82, 2.24) is 5.32 Å². The van der Waals surface area contributed by atoms with Crippen LogP contribution in [0.2, 0.25) is 15.1 Å². The fraction of sp³-hybridized carbons (Fsp3) is 0.176. The molecule has 0 heterocycles. The molecule has 0 atom stereocenters. The van der Waals surface area contributed by atoms with Crippen molar-refractivity contribution in [2.75, 3.05) is 11.9 Å². The van der Waals surface area contributed by atoms with Crippen LogP contribution in [0.1, 0.15) is 12.0 Å². The Balaban J connectivity index is 1.76. The third kappa shape index (κ3) is 6.04. The zero-order chi connectivity index (χ0) is 17.5. The van der Waals surface area contributed by atoms with Gasteiger partial charge in [0.1, 0.15) is 6.42 Å². The van der Waals surface area contributed by atoms with E-state index in [1.165, 1.54) is 6.07 Å². The number of halogens is 3. The first-order valence-electron chi connectivity index (χ1n) is 7.20. The monoisotopic (exact) mass is 384 g/mol. The zero-order valence-corrected chi connectivity index (χ0v) is 14.9. The maximum atomic E-state index is 11.9. The van der Waals surface area contributed by atoms with Crippen molar-refractivity contribution >= 4 is 52.3 Å². The van der Waals surface area contributed by atoms with Crippen molar-refractivity contribution in [2.45, 2.75) is 12.8 Å². The molecule has 2 N–H and O–H groups in total. The molecule has 0 saturated carbocycles. The Morgan fingerprint density at radius 3 is 2.38 bits per heavy atom. The van der Waals surface area contributed by atoms with Gasteiger partial charge in [-0.3, -0.25) is 9.59 Å². The number of benzene rings is 2. The van der Waals surface area contributed by atoms with Gasteiger partial charge in [-0.2, -0.15) is 0 Å². The van der Waals surface area contributed by atoms with Crippen LogP contribution < -0.4 is 10.6 Å². The molecule has 2 aromatic rings. The highest BCUT2D eigenvalue weighted by Crippen LogP contribution is 2.25. The van der Waals surface area contributed by atoms with Gasteiger partial charge in [0.2, 0.25) is 11.8 Å². The second kappa shape index (κ2) is 8.92. The van der Waals surface area contributed by atoms with Gasteiger partial charge in [-0.05, 0) is 42.3 Å². The number of rotatable bonds is 6. The minimum Gasteiger partial charge on any atom is -0.355 e. The summed E-state index contributed by atoms with van der Waals surface area (Å²) in [6, 6.07) is 12.1. The van der Waals surface area contributed by atoms with Gasteiger partial charge in [0.25, 0.3) is 0 Å². The first kappa shape index (κ1) is 18.6. The van der Waals surface area contributed by atoms with Crippen LogP contribution in [0, 0.1) is 0 Å². The van der Waals surface area contributed by atoms with Crippen LogP contribution in [-0.4, -0.2) is 18.4 Å². The van der Waals surface area contributed by atoms with Crippen molar-refractivity contribution in [3.05, 3.63) is 63.1 Å². The number of amides is 2. The second-order valence-electron chi connectivity index (χ2n) is 5.08. The third-order valence-electron chi connectivity index (χ3n) is 3.15. The Bertz CT molecular complexity index is 750. The summed E-state index contributed by atoms with van der Waals surface area (Å²) in [5.41, 5.74) is 1.43. The van der Waals surface area contributed by atoms with Crippen LogP contribution in [0.5, 0.6) is 0 Å². The van der Waals surface area contributed by atoms with Crippen molar-refractivity contribution in [3.8, 4) is 0 Å². The smallest absolute Gasteiger partial charge is 0.233 e. The number of carbonyl (C=O) groups excluding carboxylic acids is 2. The molecule has 0 unspecified atom stereocenters. The van der Waals surface area contributed by atoms with Crippen molar-refractivity contribution in [2.24, 2.45) is 0 Å². The summed E-state index contributed by atoms with van der Waals surface area (Å²) < 4.78 is 0. The molecule has 0 saturated heterocycles. The molecule has 0 aromatic heterocycles. The average Bonchev–Trinajstić information content (AvgIpc) is 2.50. The molecule has 24 heavy (non-hydrogen) atoms. The minimum atomic E-state index is -0.445. The standard InChI is InChI=1S/C17H15Cl3N2O2/c18-12-3-1-2-11(8-12)6-7-21-16(23)10-17(24)22-15-5-4-13(19)9-14(15)20/h1-5,8-9H,6-7,10H2,(H,21,23)(H,22,24). The highest BCUT2D eigenvalue weighted by molar-refractivity contribution is 6.36. The lowest BCUT2D eigenvalue weighted by Gasteiger charge is -2.08. The lowest BCUT2D eigenvalue weighted by molar-refractivity contribution is -0.126. The molecule has 2 amide bonds. The summed E-state index contributed by atoms with van der Waals surface area (Å²) in [7, 11) is 0. The van der Waals surface area contributed by atoms with Crippen LogP contribution in [0.15, 0.2) is 42.5 Å². The minimum absolute atomic E-state index is 0.283. The van der Waals surface area contributed by atoms with E-state index in [2.05, 4.69) is 10.6 Å². The predicted molar refractivity (Wildman–Crippen MR) is 97.9 cm³/mol. The summed E-state index contributed by atoms with van der Waals surface area (Å²) in [6.45, 7) is 0.425. The molecular formula is C17H15Cl3N2O2. The molecule has 0 fully saturated rings. The van der Waals surface area contributed by atoms with Crippen LogP contribution in [0.25, 0.3) is 0 Å². The largest absolute Gasteiger partial charge is 0.355 e. The van der Waals surface area contributed by atoms with Gasteiger partial charge in [-0.1, -0.05) is 46.9 Å². The third-order valence-corrected chi connectivity index (χ3v) is 3.93. The second-order valence-corrected chi connectivity index (χ2v) is 6.36. The summed E-state index contributed by atoms with van der Waals surface area (Å²) in [5, 5.41) is 6.71. The van der Waals surface area contributed by atoms with Gasteiger partial charge in [-0.15, -0.1) is 0 Å². The fourth-order valence-corrected chi connectivity index (χ4v) is 2.70. The van der Waals surface area contributed by atoms with E-state index < -0.39 is 5.91 Å². The van der Waals surface area contributed by atoms with Gasteiger partial charge in [0.05, 0.1) is 10.7 Å². The van der Waals surface area contributed by atoms with E-state index in [0.29, 0.717) is 33.7 Å². The van der Waals surface area contributed by atoms with E-state index in [-0.39, 0.29) is 12.3 Å². The molecule has 0 radical (unpaired) electrons. The van der Waals surface area contributed by atoms with Crippen LogP contribution in [0.3, 0.4) is 0 Å². The van der Waals surface area contributed by atoms with E-state index >= 15 is 0 Å². The van der Waals surface area contributed by atoms with E-state index in [4.69, 9.17) is 34.8 Å². The molecule has 0 aliphatic carbocycles. The van der Waals surface area contributed by atoms with E-state index in [9.17, 15) is 9.59 Å². The fourth-order valence-electron chi connectivity index (χ4n) is 2.03. The Labute approximate surface area is 155 Å². The molecule has 7 heteroatoms. The van der Waals surface area contributed by atoms with E-state index in [0.717, 1.165) is 5.56 Å². The summed E-state index contributed by atoms with van der Waals surface area (Å²) in [4.78, 5) is 23.6. The number of nitrogens with one attached hydrogen (secondary N) is 2. The topological polar surface area (TPSA) is 58.2 Å². The van der Waals surface area contributed by atoms with Crippen LogP contribution in [-0.2, 0) is 16.0 Å². The molecule has 4 nitrogen and oxygen atoms in total. The van der Waals surface area contributed by atoms with Crippen molar-refractivity contribution in [3.63, 3.8) is 0 Å². The Hall–Kier alpha value is -1.75. The average molecular weight is 386 g/mol. The molecule has 2 rings (SSSR count). The molecule has 0 aliphatic heterocycles. The molecule has 2 aromatic carbocycles. The predicted octanol–water partition coefficient (Wildman–Crippen LogP) is 4.33. The van der Waals surface area contributed by atoms with Crippen LogP contribution >= 0.6 is 34.8 Å². The first-order chi connectivity index (χ1) is 11.4. The maximum Gasteiger partial charge on any atom is 0.233 e. The summed E-state index contributed by atoms with van der Waals surface area (Å²) in [6.07, 6.45) is 0.353. The lowest BCUT2D eigenvalue weighted by atomic mass is 10.1. The van der Waals surface area contributed by atoms with Crippen molar-refractivity contribution < 1.29 is 9.59 Å². The van der Waals surface area contributed by atoms with E-state index in [1.807, 2.05) is 18.2 Å². The normalized spacial score (nSPS) is 10.3. The molecule has 126 valence electrons. The van der Waals surface area contributed by atoms with Gasteiger partial charge in [-0.25, -0.2) is 0 Å². The highest BCUT2D eigenvalue weighted by Gasteiger charge is 2.11. The van der Waals surface area contributed by atoms with Crippen molar-refractivity contribution in [1.29, 1.82) is 0 Å². The molecular weight excluding hydrogens is 371 g/mol. The van der Waals surface area contributed by atoms with E-state index in [1.54, 1.807) is 18.2 Å².